The Labute approximate surface area is 115 Å². The van der Waals surface area contributed by atoms with Crippen molar-refractivity contribution in [1.29, 1.82) is 0 Å². The van der Waals surface area contributed by atoms with E-state index in [4.69, 9.17) is 0 Å². The van der Waals surface area contributed by atoms with E-state index in [-0.39, 0.29) is 5.75 Å². The summed E-state index contributed by atoms with van der Waals surface area (Å²) in [5.74, 6) is 0.125. The highest BCUT2D eigenvalue weighted by Gasteiger charge is 2.09. The molecular formula is C10H17BrN2O2S2. The van der Waals surface area contributed by atoms with Gasteiger partial charge in [-0.3, -0.25) is 0 Å². The first-order valence-electron chi connectivity index (χ1n) is 5.44. The van der Waals surface area contributed by atoms with Crippen molar-refractivity contribution in [2.24, 2.45) is 0 Å². The van der Waals surface area contributed by atoms with Crippen molar-refractivity contribution in [3.8, 4) is 0 Å². The molecule has 0 saturated carbocycles. The first kappa shape index (κ1) is 15.1. The predicted octanol–water partition coefficient (Wildman–Crippen LogP) is 1.93. The van der Waals surface area contributed by atoms with Crippen molar-refractivity contribution < 1.29 is 8.42 Å². The number of hydrogen-bond donors (Lipinski definition) is 2. The summed E-state index contributed by atoms with van der Waals surface area (Å²) in [5.41, 5.74) is 0. The second-order valence-corrected chi connectivity index (χ2v) is 7.46. The molecular weight excluding hydrogens is 324 g/mol. The van der Waals surface area contributed by atoms with Gasteiger partial charge in [0.2, 0.25) is 10.0 Å². The summed E-state index contributed by atoms with van der Waals surface area (Å²) >= 11 is 4.87. The Balaban J connectivity index is 2.29. The van der Waals surface area contributed by atoms with Crippen molar-refractivity contribution in [2.45, 2.75) is 19.9 Å². The van der Waals surface area contributed by atoms with Gasteiger partial charge in [-0.05, 0) is 35.0 Å². The number of hydrogen-bond acceptors (Lipinski definition) is 4. The maximum atomic E-state index is 11.6. The zero-order valence-electron chi connectivity index (χ0n) is 9.70. The minimum absolute atomic E-state index is 0.125. The lowest BCUT2D eigenvalue weighted by atomic mass is 10.5. The van der Waals surface area contributed by atoms with E-state index in [9.17, 15) is 8.42 Å². The molecule has 2 N–H and O–H groups in total. The molecule has 0 aliphatic heterocycles. The summed E-state index contributed by atoms with van der Waals surface area (Å²) in [6, 6.07) is 1.92. The molecule has 0 aliphatic carbocycles. The molecule has 0 spiro atoms. The van der Waals surface area contributed by atoms with E-state index in [0.717, 1.165) is 22.3 Å². The zero-order valence-corrected chi connectivity index (χ0v) is 12.9. The van der Waals surface area contributed by atoms with Gasteiger partial charge in [-0.2, -0.15) is 0 Å². The minimum atomic E-state index is -3.17. The van der Waals surface area contributed by atoms with Crippen molar-refractivity contribution in [3.05, 3.63) is 20.8 Å². The Hall–Kier alpha value is 0.0500. The highest BCUT2D eigenvalue weighted by Crippen LogP contribution is 2.19. The van der Waals surface area contributed by atoms with Crippen LogP contribution >= 0.6 is 27.3 Å². The van der Waals surface area contributed by atoms with Crippen molar-refractivity contribution in [2.75, 3.05) is 18.8 Å². The smallest absolute Gasteiger partial charge is 0.213 e. The Kier molecular flexibility index (Phi) is 6.65. The van der Waals surface area contributed by atoms with Gasteiger partial charge in [-0.15, -0.1) is 11.3 Å². The molecule has 0 aliphatic rings. The molecule has 0 unspecified atom stereocenters. The van der Waals surface area contributed by atoms with Gasteiger partial charge in [-0.25, -0.2) is 13.1 Å². The predicted molar refractivity (Wildman–Crippen MR) is 75.8 cm³/mol. The number of rotatable bonds is 8. The van der Waals surface area contributed by atoms with Crippen molar-refractivity contribution >= 4 is 37.3 Å². The standard InChI is InChI=1S/C10H17BrN2O2S2/c1-2-3-12-4-5-17(14,15)13-7-10-6-9(11)8-16-10/h6,8,12-13H,2-5,7H2,1H3. The third-order valence-corrected chi connectivity index (χ3v) is 5.09. The monoisotopic (exact) mass is 340 g/mol. The number of sulfonamides is 1. The summed E-state index contributed by atoms with van der Waals surface area (Å²) in [4.78, 5) is 1.00. The first-order valence-corrected chi connectivity index (χ1v) is 8.77. The number of thiophene rings is 1. The van der Waals surface area contributed by atoms with E-state index in [2.05, 4.69) is 32.9 Å². The zero-order chi connectivity index (χ0) is 12.7. The highest BCUT2D eigenvalue weighted by molar-refractivity contribution is 9.10. The fraction of sp³-hybridized carbons (Fsp3) is 0.600. The first-order chi connectivity index (χ1) is 8.03. The molecule has 1 aromatic rings. The van der Waals surface area contributed by atoms with Gasteiger partial charge in [0.25, 0.3) is 0 Å². The number of halogens is 1. The Morgan fingerprint density at radius 2 is 2.18 bits per heavy atom. The molecule has 0 atom stereocenters. The highest BCUT2D eigenvalue weighted by atomic mass is 79.9. The summed E-state index contributed by atoms with van der Waals surface area (Å²) in [7, 11) is -3.17. The third kappa shape index (κ3) is 6.52. The maximum absolute atomic E-state index is 11.6. The van der Waals surface area contributed by atoms with Gasteiger partial charge < -0.3 is 5.32 Å². The van der Waals surface area contributed by atoms with Gasteiger partial charge >= 0.3 is 0 Å². The van der Waals surface area contributed by atoms with Crippen LogP contribution in [0.4, 0.5) is 0 Å². The van der Waals surface area contributed by atoms with Crippen LogP contribution in [0.5, 0.6) is 0 Å². The summed E-state index contributed by atoms with van der Waals surface area (Å²) in [6.07, 6.45) is 1.01. The van der Waals surface area contributed by atoms with E-state index in [1.165, 1.54) is 11.3 Å². The Morgan fingerprint density at radius 1 is 1.41 bits per heavy atom. The lowest BCUT2D eigenvalue weighted by molar-refractivity contribution is 0.576. The van der Waals surface area contributed by atoms with Crippen molar-refractivity contribution in [3.63, 3.8) is 0 Å². The molecule has 1 rings (SSSR count). The van der Waals surface area contributed by atoms with Crippen molar-refractivity contribution in [1.82, 2.24) is 10.0 Å². The van der Waals surface area contributed by atoms with E-state index in [1.807, 2.05) is 11.4 Å². The molecule has 4 nitrogen and oxygen atoms in total. The molecule has 0 saturated heterocycles. The third-order valence-electron chi connectivity index (χ3n) is 2.06. The molecule has 7 heteroatoms. The Bertz CT molecular complexity index is 431. The quantitative estimate of drug-likeness (QED) is 0.711. The van der Waals surface area contributed by atoms with Crippen LogP contribution in [0.25, 0.3) is 0 Å². The Morgan fingerprint density at radius 3 is 2.76 bits per heavy atom. The lowest BCUT2D eigenvalue weighted by Crippen LogP contribution is -2.31. The normalized spacial score (nSPS) is 11.9. The van der Waals surface area contributed by atoms with E-state index >= 15 is 0 Å². The molecule has 17 heavy (non-hydrogen) atoms. The van der Waals surface area contributed by atoms with Gasteiger partial charge in [0, 0.05) is 27.8 Å². The van der Waals surface area contributed by atoms with Gasteiger partial charge in [0.05, 0.1) is 5.75 Å². The molecule has 0 bridgehead atoms. The fourth-order valence-corrected chi connectivity index (χ4v) is 3.62. The molecule has 1 aromatic heterocycles. The fourth-order valence-electron chi connectivity index (χ4n) is 1.21. The SMILES string of the molecule is CCCNCCS(=O)(=O)NCc1cc(Br)cs1. The number of nitrogens with one attached hydrogen (secondary N) is 2. The van der Waals surface area contributed by atoms with Crippen LogP contribution in [0.1, 0.15) is 18.2 Å². The minimum Gasteiger partial charge on any atom is -0.316 e. The topological polar surface area (TPSA) is 58.2 Å². The van der Waals surface area contributed by atoms with E-state index in [0.29, 0.717) is 13.1 Å². The van der Waals surface area contributed by atoms with Crippen LogP contribution in [0.2, 0.25) is 0 Å². The van der Waals surface area contributed by atoms with Crippen LogP contribution in [0, 0.1) is 0 Å². The van der Waals surface area contributed by atoms with Crippen LogP contribution < -0.4 is 10.0 Å². The average Bonchev–Trinajstić information content (AvgIpc) is 2.68. The van der Waals surface area contributed by atoms with Crippen LogP contribution in [-0.4, -0.2) is 27.3 Å². The largest absolute Gasteiger partial charge is 0.316 e. The van der Waals surface area contributed by atoms with Gasteiger partial charge in [0.15, 0.2) is 0 Å². The van der Waals surface area contributed by atoms with Crippen LogP contribution in [-0.2, 0) is 16.6 Å². The molecule has 98 valence electrons. The molecule has 0 amide bonds. The molecule has 1 heterocycles. The van der Waals surface area contributed by atoms with Crippen LogP contribution in [0.3, 0.4) is 0 Å². The van der Waals surface area contributed by atoms with Crippen LogP contribution in [0.15, 0.2) is 15.9 Å². The lowest BCUT2D eigenvalue weighted by Gasteiger charge is -2.06. The summed E-state index contributed by atoms with van der Waals surface area (Å²) < 4.78 is 26.8. The maximum Gasteiger partial charge on any atom is 0.213 e. The second kappa shape index (κ2) is 7.48. The second-order valence-electron chi connectivity index (χ2n) is 3.62. The molecule has 0 fully saturated rings. The van der Waals surface area contributed by atoms with Gasteiger partial charge in [-0.1, -0.05) is 6.92 Å². The summed E-state index contributed by atoms with van der Waals surface area (Å²) in [6.45, 7) is 3.77. The molecule has 0 aromatic carbocycles. The summed E-state index contributed by atoms with van der Waals surface area (Å²) in [5, 5.41) is 5.01. The average molecular weight is 341 g/mol. The molecule has 0 radical (unpaired) electrons. The van der Waals surface area contributed by atoms with Gasteiger partial charge in [0.1, 0.15) is 0 Å². The van der Waals surface area contributed by atoms with E-state index < -0.39 is 10.0 Å². The van der Waals surface area contributed by atoms with E-state index in [1.54, 1.807) is 0 Å².